The van der Waals surface area contributed by atoms with Gasteiger partial charge in [0.2, 0.25) is 0 Å². The van der Waals surface area contributed by atoms with Crippen LogP contribution in [0.3, 0.4) is 0 Å². The Kier molecular flexibility index (Phi) is 3.67. The SMILES string of the molecule is CCOC(=O)c1ccnc(-c2cccc(C)c2)n1. The van der Waals surface area contributed by atoms with Crippen molar-refractivity contribution in [3.63, 3.8) is 0 Å². The predicted octanol–water partition coefficient (Wildman–Crippen LogP) is 2.63. The van der Waals surface area contributed by atoms with Crippen LogP contribution in [0.15, 0.2) is 36.5 Å². The third kappa shape index (κ3) is 2.71. The van der Waals surface area contributed by atoms with E-state index in [1.165, 1.54) is 0 Å². The highest BCUT2D eigenvalue weighted by atomic mass is 16.5. The van der Waals surface area contributed by atoms with Crippen LogP contribution in [0.5, 0.6) is 0 Å². The van der Waals surface area contributed by atoms with E-state index in [0.29, 0.717) is 12.4 Å². The van der Waals surface area contributed by atoms with E-state index >= 15 is 0 Å². The number of carbonyl (C=O) groups is 1. The molecule has 1 aromatic carbocycles. The molecule has 0 aliphatic rings. The summed E-state index contributed by atoms with van der Waals surface area (Å²) >= 11 is 0. The third-order valence-corrected chi connectivity index (χ3v) is 2.42. The Bertz CT molecular complexity index is 567. The van der Waals surface area contributed by atoms with E-state index in [2.05, 4.69) is 9.97 Å². The minimum absolute atomic E-state index is 0.281. The lowest BCUT2D eigenvalue weighted by atomic mass is 10.1. The predicted molar refractivity (Wildman–Crippen MR) is 68.2 cm³/mol. The molecule has 0 amide bonds. The first-order chi connectivity index (χ1) is 8.70. The lowest BCUT2D eigenvalue weighted by Gasteiger charge is -2.04. The van der Waals surface area contributed by atoms with Gasteiger partial charge in [0, 0.05) is 11.8 Å². The molecule has 0 fully saturated rings. The van der Waals surface area contributed by atoms with Crippen molar-refractivity contribution in [2.45, 2.75) is 13.8 Å². The lowest BCUT2D eigenvalue weighted by Crippen LogP contribution is -2.08. The first kappa shape index (κ1) is 12.2. The number of carbonyl (C=O) groups excluding carboxylic acids is 1. The molecule has 0 spiro atoms. The van der Waals surface area contributed by atoms with Gasteiger partial charge in [-0.1, -0.05) is 23.8 Å². The van der Waals surface area contributed by atoms with Crippen molar-refractivity contribution < 1.29 is 9.53 Å². The molecule has 0 atom stereocenters. The highest BCUT2D eigenvalue weighted by Gasteiger charge is 2.10. The molecule has 0 saturated carbocycles. The van der Waals surface area contributed by atoms with Gasteiger partial charge in [0.05, 0.1) is 6.61 Å². The molecule has 0 unspecified atom stereocenters. The smallest absolute Gasteiger partial charge is 0.357 e. The van der Waals surface area contributed by atoms with Gasteiger partial charge in [-0.2, -0.15) is 0 Å². The number of hydrogen-bond acceptors (Lipinski definition) is 4. The first-order valence-electron chi connectivity index (χ1n) is 5.78. The Morgan fingerprint density at radius 2 is 2.17 bits per heavy atom. The fourth-order valence-corrected chi connectivity index (χ4v) is 1.60. The van der Waals surface area contributed by atoms with Gasteiger partial charge in [0.1, 0.15) is 0 Å². The molecule has 0 N–H and O–H groups in total. The second kappa shape index (κ2) is 5.40. The molecule has 4 nitrogen and oxygen atoms in total. The summed E-state index contributed by atoms with van der Waals surface area (Å²) < 4.78 is 4.91. The standard InChI is InChI=1S/C14H14N2O2/c1-3-18-14(17)12-7-8-15-13(16-12)11-6-4-5-10(2)9-11/h4-9H,3H2,1-2H3. The topological polar surface area (TPSA) is 52.1 Å². The molecule has 0 aliphatic heterocycles. The summed E-state index contributed by atoms with van der Waals surface area (Å²) in [6.45, 7) is 4.10. The number of hydrogen-bond donors (Lipinski definition) is 0. The highest BCUT2D eigenvalue weighted by molar-refractivity contribution is 5.87. The van der Waals surface area contributed by atoms with E-state index in [0.717, 1.165) is 11.1 Å². The van der Waals surface area contributed by atoms with E-state index in [1.54, 1.807) is 19.2 Å². The highest BCUT2D eigenvalue weighted by Crippen LogP contribution is 2.16. The van der Waals surface area contributed by atoms with E-state index < -0.39 is 5.97 Å². The Morgan fingerprint density at radius 3 is 2.89 bits per heavy atom. The van der Waals surface area contributed by atoms with Crippen LogP contribution in [-0.2, 0) is 4.74 Å². The Hall–Kier alpha value is -2.23. The first-order valence-corrected chi connectivity index (χ1v) is 5.78. The molecule has 0 bridgehead atoms. The summed E-state index contributed by atoms with van der Waals surface area (Å²) in [5.74, 6) is 0.109. The van der Waals surface area contributed by atoms with Crippen molar-refractivity contribution in [2.24, 2.45) is 0 Å². The van der Waals surface area contributed by atoms with Gasteiger partial charge in [-0.25, -0.2) is 14.8 Å². The van der Waals surface area contributed by atoms with Gasteiger partial charge >= 0.3 is 5.97 Å². The van der Waals surface area contributed by atoms with Crippen LogP contribution in [0.25, 0.3) is 11.4 Å². The molecule has 0 aliphatic carbocycles. The molecular weight excluding hydrogens is 228 g/mol. The van der Waals surface area contributed by atoms with E-state index in [1.807, 2.05) is 31.2 Å². The zero-order valence-electron chi connectivity index (χ0n) is 10.4. The number of rotatable bonds is 3. The quantitative estimate of drug-likeness (QED) is 0.776. The molecule has 1 aromatic heterocycles. The normalized spacial score (nSPS) is 10.1. The second-order valence-corrected chi connectivity index (χ2v) is 3.86. The number of nitrogens with zero attached hydrogens (tertiary/aromatic N) is 2. The van der Waals surface area contributed by atoms with Crippen LogP contribution in [-0.4, -0.2) is 22.5 Å². The monoisotopic (exact) mass is 242 g/mol. The number of benzene rings is 1. The molecule has 18 heavy (non-hydrogen) atoms. The summed E-state index contributed by atoms with van der Waals surface area (Å²) in [5.41, 5.74) is 2.29. The van der Waals surface area contributed by atoms with Crippen LogP contribution in [0.2, 0.25) is 0 Å². The fourth-order valence-electron chi connectivity index (χ4n) is 1.60. The van der Waals surface area contributed by atoms with Crippen LogP contribution in [0.1, 0.15) is 23.0 Å². The fraction of sp³-hybridized carbons (Fsp3) is 0.214. The molecule has 1 heterocycles. The summed E-state index contributed by atoms with van der Waals surface area (Å²) in [6, 6.07) is 9.38. The van der Waals surface area contributed by atoms with Gasteiger partial charge < -0.3 is 4.74 Å². The molecule has 0 radical (unpaired) electrons. The average molecular weight is 242 g/mol. The van der Waals surface area contributed by atoms with Crippen molar-refractivity contribution in [3.05, 3.63) is 47.8 Å². The van der Waals surface area contributed by atoms with Crippen LogP contribution in [0.4, 0.5) is 0 Å². The zero-order chi connectivity index (χ0) is 13.0. The van der Waals surface area contributed by atoms with Crippen molar-refractivity contribution in [1.29, 1.82) is 0 Å². The van der Waals surface area contributed by atoms with Gasteiger partial charge in [-0.05, 0) is 26.0 Å². The Morgan fingerprint density at radius 1 is 1.33 bits per heavy atom. The van der Waals surface area contributed by atoms with Crippen LogP contribution in [0, 0.1) is 6.92 Å². The number of aromatic nitrogens is 2. The largest absolute Gasteiger partial charge is 0.461 e. The third-order valence-electron chi connectivity index (χ3n) is 2.42. The maximum atomic E-state index is 11.6. The zero-order valence-corrected chi connectivity index (χ0v) is 10.4. The van der Waals surface area contributed by atoms with Crippen molar-refractivity contribution in [3.8, 4) is 11.4 Å². The maximum absolute atomic E-state index is 11.6. The Balaban J connectivity index is 2.35. The molecule has 2 aromatic rings. The van der Waals surface area contributed by atoms with Gasteiger partial charge in [0.15, 0.2) is 11.5 Å². The minimum atomic E-state index is -0.422. The van der Waals surface area contributed by atoms with Crippen molar-refractivity contribution in [2.75, 3.05) is 6.61 Å². The van der Waals surface area contributed by atoms with Crippen molar-refractivity contribution >= 4 is 5.97 Å². The van der Waals surface area contributed by atoms with Crippen molar-refractivity contribution in [1.82, 2.24) is 9.97 Å². The van der Waals surface area contributed by atoms with Crippen LogP contribution < -0.4 is 0 Å². The molecule has 4 heteroatoms. The maximum Gasteiger partial charge on any atom is 0.357 e. The second-order valence-electron chi connectivity index (χ2n) is 3.86. The average Bonchev–Trinajstić information content (AvgIpc) is 2.39. The van der Waals surface area contributed by atoms with E-state index in [9.17, 15) is 4.79 Å². The van der Waals surface area contributed by atoms with Gasteiger partial charge in [-0.15, -0.1) is 0 Å². The van der Waals surface area contributed by atoms with E-state index in [-0.39, 0.29) is 5.69 Å². The summed E-state index contributed by atoms with van der Waals surface area (Å²) in [7, 11) is 0. The number of aryl methyl sites for hydroxylation is 1. The van der Waals surface area contributed by atoms with E-state index in [4.69, 9.17) is 4.74 Å². The lowest BCUT2D eigenvalue weighted by molar-refractivity contribution is 0.0519. The molecular formula is C14H14N2O2. The van der Waals surface area contributed by atoms with Crippen LogP contribution >= 0.6 is 0 Å². The number of esters is 1. The summed E-state index contributed by atoms with van der Waals surface area (Å²) in [5, 5.41) is 0. The molecule has 92 valence electrons. The minimum Gasteiger partial charge on any atom is -0.461 e. The van der Waals surface area contributed by atoms with Gasteiger partial charge in [0.25, 0.3) is 0 Å². The molecule has 0 saturated heterocycles. The summed E-state index contributed by atoms with van der Waals surface area (Å²) in [6.07, 6.45) is 1.57. The van der Waals surface area contributed by atoms with Gasteiger partial charge in [-0.3, -0.25) is 0 Å². The summed E-state index contributed by atoms with van der Waals surface area (Å²) in [4.78, 5) is 20.0. The number of ether oxygens (including phenoxy) is 1. The molecule has 2 rings (SSSR count). The Labute approximate surface area is 106 Å².